The summed E-state index contributed by atoms with van der Waals surface area (Å²) in [6.07, 6.45) is 2.93. The number of halogens is 3. The Morgan fingerprint density at radius 1 is 1.17 bits per heavy atom. The predicted octanol–water partition coefficient (Wildman–Crippen LogP) is 3.13. The van der Waals surface area contributed by atoms with Gasteiger partial charge in [0.25, 0.3) is 5.91 Å². The highest BCUT2D eigenvalue weighted by Gasteiger charge is 2.39. The Kier molecular flexibility index (Phi) is 7.70. The summed E-state index contributed by atoms with van der Waals surface area (Å²) in [5, 5.41) is 9.50. The maximum Gasteiger partial charge on any atom is 0.273 e. The number of amides is 2. The van der Waals surface area contributed by atoms with Gasteiger partial charge < -0.3 is 24.8 Å². The van der Waals surface area contributed by atoms with E-state index in [4.69, 9.17) is 9.26 Å². The molecule has 196 valence electrons. The van der Waals surface area contributed by atoms with Gasteiger partial charge in [0.15, 0.2) is 11.5 Å². The van der Waals surface area contributed by atoms with Gasteiger partial charge in [0.1, 0.15) is 17.5 Å². The summed E-state index contributed by atoms with van der Waals surface area (Å²) in [6, 6.07) is 1.65. The number of aromatic nitrogens is 1. The second-order valence-electron chi connectivity index (χ2n) is 10.3. The molecule has 0 bridgehead atoms. The summed E-state index contributed by atoms with van der Waals surface area (Å²) in [5.41, 5.74) is -1.41. The van der Waals surface area contributed by atoms with Crippen LogP contribution in [0.2, 0.25) is 0 Å². The molecule has 2 heterocycles. The lowest BCUT2D eigenvalue weighted by Crippen LogP contribution is -2.59. The van der Waals surface area contributed by atoms with Crippen LogP contribution in [-0.2, 0) is 9.53 Å². The standard InChI is InChI=1S/C25H31F3N4O4/c1-25(2,13-35-3)30-23(33)16-12-32(11-14-4-5-14)7-6-19(16)29-24(34)20-10-21(36-31-20)22-17(27)8-15(26)9-18(22)28/h8-10,14,16,19H,4-7,11-13H2,1-3H3,(H,29,34)(H,30,33)/t16-,19-/m1/s1. The van der Waals surface area contributed by atoms with Gasteiger partial charge in [-0.15, -0.1) is 0 Å². The number of rotatable bonds is 9. The van der Waals surface area contributed by atoms with Crippen LogP contribution in [0.1, 0.15) is 43.6 Å². The highest BCUT2D eigenvalue weighted by molar-refractivity contribution is 5.94. The molecule has 2 aromatic rings. The first-order valence-electron chi connectivity index (χ1n) is 12.0. The minimum atomic E-state index is -1.17. The van der Waals surface area contributed by atoms with Crippen molar-refractivity contribution in [2.75, 3.05) is 33.4 Å². The second kappa shape index (κ2) is 10.6. The highest BCUT2D eigenvalue weighted by atomic mass is 19.1. The van der Waals surface area contributed by atoms with E-state index in [0.717, 1.165) is 19.2 Å². The topological polar surface area (TPSA) is 96.7 Å². The van der Waals surface area contributed by atoms with Crippen LogP contribution in [0.5, 0.6) is 0 Å². The van der Waals surface area contributed by atoms with Gasteiger partial charge in [-0.2, -0.15) is 0 Å². The van der Waals surface area contributed by atoms with Crippen molar-refractivity contribution in [1.82, 2.24) is 20.7 Å². The Morgan fingerprint density at radius 2 is 1.86 bits per heavy atom. The molecule has 2 amide bonds. The number of ether oxygens (including phenoxy) is 1. The molecule has 11 heteroatoms. The third-order valence-electron chi connectivity index (χ3n) is 6.53. The number of nitrogens with one attached hydrogen (secondary N) is 2. The fourth-order valence-electron chi connectivity index (χ4n) is 4.63. The number of likely N-dealkylation sites (tertiary alicyclic amines) is 1. The zero-order chi connectivity index (χ0) is 26.0. The normalized spacial score (nSPS) is 20.8. The van der Waals surface area contributed by atoms with E-state index in [1.165, 1.54) is 12.8 Å². The van der Waals surface area contributed by atoms with Crippen LogP contribution in [0, 0.1) is 29.3 Å². The Morgan fingerprint density at radius 3 is 2.50 bits per heavy atom. The lowest BCUT2D eigenvalue weighted by molar-refractivity contribution is -0.130. The molecule has 1 aromatic heterocycles. The van der Waals surface area contributed by atoms with Crippen molar-refractivity contribution < 1.29 is 32.0 Å². The molecule has 2 N–H and O–H groups in total. The van der Waals surface area contributed by atoms with Crippen LogP contribution >= 0.6 is 0 Å². The van der Waals surface area contributed by atoms with E-state index in [0.29, 0.717) is 37.6 Å². The van der Waals surface area contributed by atoms with Crippen LogP contribution in [0.3, 0.4) is 0 Å². The summed E-state index contributed by atoms with van der Waals surface area (Å²) in [5.74, 6) is -4.45. The lowest BCUT2D eigenvalue weighted by Gasteiger charge is -2.39. The van der Waals surface area contributed by atoms with Crippen LogP contribution in [0.25, 0.3) is 11.3 Å². The Labute approximate surface area is 207 Å². The molecule has 36 heavy (non-hydrogen) atoms. The molecule has 1 saturated heterocycles. The van der Waals surface area contributed by atoms with Crippen molar-refractivity contribution in [2.24, 2.45) is 11.8 Å². The summed E-state index contributed by atoms with van der Waals surface area (Å²) in [6.45, 7) is 6.18. The average Bonchev–Trinajstić information content (AvgIpc) is 3.46. The first-order valence-corrected chi connectivity index (χ1v) is 12.0. The van der Waals surface area contributed by atoms with E-state index in [2.05, 4.69) is 20.7 Å². The minimum Gasteiger partial charge on any atom is -0.382 e. The number of hydrogen-bond acceptors (Lipinski definition) is 6. The van der Waals surface area contributed by atoms with Gasteiger partial charge in [-0.1, -0.05) is 5.16 Å². The van der Waals surface area contributed by atoms with Gasteiger partial charge >= 0.3 is 0 Å². The quantitative estimate of drug-likeness (QED) is 0.540. The maximum absolute atomic E-state index is 14.1. The molecule has 1 aliphatic carbocycles. The number of methoxy groups -OCH3 is 1. The fraction of sp³-hybridized carbons (Fsp3) is 0.560. The van der Waals surface area contributed by atoms with Gasteiger partial charge in [-0.25, -0.2) is 13.2 Å². The van der Waals surface area contributed by atoms with Gasteiger partial charge in [-0.3, -0.25) is 9.59 Å². The number of carbonyl (C=O) groups excluding carboxylic acids is 2. The van der Waals surface area contributed by atoms with Gasteiger partial charge in [0, 0.05) is 51.0 Å². The van der Waals surface area contributed by atoms with Crippen molar-refractivity contribution in [1.29, 1.82) is 0 Å². The molecule has 4 rings (SSSR count). The Balaban J connectivity index is 1.48. The molecular formula is C25H31F3N4O4. The van der Waals surface area contributed by atoms with Crippen LogP contribution in [0.4, 0.5) is 13.2 Å². The van der Waals surface area contributed by atoms with Crippen molar-refractivity contribution in [3.8, 4) is 11.3 Å². The molecule has 1 aromatic carbocycles. The van der Waals surface area contributed by atoms with Crippen LogP contribution < -0.4 is 10.6 Å². The molecule has 1 saturated carbocycles. The summed E-state index contributed by atoms with van der Waals surface area (Å²) >= 11 is 0. The summed E-state index contributed by atoms with van der Waals surface area (Å²) in [7, 11) is 1.56. The van der Waals surface area contributed by atoms with Crippen molar-refractivity contribution in [3.63, 3.8) is 0 Å². The van der Waals surface area contributed by atoms with Gasteiger partial charge in [0.05, 0.1) is 23.6 Å². The number of nitrogens with zero attached hydrogens (tertiary/aromatic N) is 2. The third-order valence-corrected chi connectivity index (χ3v) is 6.53. The molecule has 0 unspecified atom stereocenters. The molecule has 2 atom stereocenters. The molecule has 2 aliphatic rings. The Bertz CT molecular complexity index is 1100. The molecule has 8 nitrogen and oxygen atoms in total. The SMILES string of the molecule is COCC(C)(C)NC(=O)[C@@H]1CN(CC2CC2)CC[C@H]1NC(=O)c1cc(-c2c(F)cc(F)cc2F)on1. The molecule has 0 radical (unpaired) electrons. The zero-order valence-corrected chi connectivity index (χ0v) is 20.6. The fourth-order valence-corrected chi connectivity index (χ4v) is 4.63. The van der Waals surface area contributed by atoms with Crippen molar-refractivity contribution in [3.05, 3.63) is 41.3 Å². The van der Waals surface area contributed by atoms with Crippen LogP contribution in [-0.4, -0.2) is 66.8 Å². The van der Waals surface area contributed by atoms with E-state index < -0.39 is 46.4 Å². The average molecular weight is 509 g/mol. The number of hydrogen-bond donors (Lipinski definition) is 2. The zero-order valence-electron chi connectivity index (χ0n) is 20.6. The molecule has 2 fully saturated rings. The largest absolute Gasteiger partial charge is 0.382 e. The van der Waals surface area contributed by atoms with Gasteiger partial charge in [-0.05, 0) is 39.0 Å². The maximum atomic E-state index is 14.1. The van der Waals surface area contributed by atoms with Gasteiger partial charge in [0.2, 0.25) is 5.91 Å². The predicted molar refractivity (Wildman–Crippen MR) is 124 cm³/mol. The third kappa shape index (κ3) is 6.25. The molecule has 1 aliphatic heterocycles. The van der Waals surface area contributed by atoms with E-state index in [1.807, 2.05) is 13.8 Å². The molecular weight excluding hydrogens is 477 g/mol. The highest BCUT2D eigenvalue weighted by Crippen LogP contribution is 2.32. The number of benzene rings is 1. The van der Waals surface area contributed by atoms with Crippen molar-refractivity contribution in [2.45, 2.75) is 44.7 Å². The molecule has 0 spiro atoms. The van der Waals surface area contributed by atoms with Crippen LogP contribution in [0.15, 0.2) is 22.7 Å². The lowest BCUT2D eigenvalue weighted by atomic mass is 9.89. The first kappa shape index (κ1) is 26.2. The number of piperidine rings is 1. The number of carbonyl (C=O) groups is 2. The smallest absolute Gasteiger partial charge is 0.273 e. The second-order valence-corrected chi connectivity index (χ2v) is 10.3. The Hall–Kier alpha value is -2.92. The van der Waals surface area contributed by atoms with E-state index in [9.17, 15) is 22.8 Å². The summed E-state index contributed by atoms with van der Waals surface area (Å²) in [4.78, 5) is 28.5. The van der Waals surface area contributed by atoms with E-state index in [1.54, 1.807) is 7.11 Å². The summed E-state index contributed by atoms with van der Waals surface area (Å²) < 4.78 is 51.6. The van der Waals surface area contributed by atoms with E-state index >= 15 is 0 Å². The first-order chi connectivity index (χ1) is 17.1. The minimum absolute atomic E-state index is 0.195. The van der Waals surface area contributed by atoms with Crippen molar-refractivity contribution >= 4 is 11.8 Å². The van der Waals surface area contributed by atoms with E-state index in [-0.39, 0.29) is 17.4 Å². The monoisotopic (exact) mass is 508 g/mol.